The predicted molar refractivity (Wildman–Crippen MR) is 73.9 cm³/mol. The van der Waals surface area contributed by atoms with E-state index in [2.05, 4.69) is 17.7 Å². The van der Waals surface area contributed by atoms with Gasteiger partial charge in [0, 0.05) is 16.8 Å². The number of nitrogens with zero attached hydrogens (tertiary/aromatic N) is 2. The topological polar surface area (TPSA) is 55.1 Å². The number of thiol groups is 1. The van der Waals surface area contributed by atoms with Crippen LogP contribution >= 0.6 is 24.2 Å². The highest BCUT2D eigenvalue weighted by Gasteiger charge is 2.09. The maximum atomic E-state index is 11.8. The second-order valence-corrected chi connectivity index (χ2v) is 4.54. The smallest absolute Gasteiger partial charge is 0.275 e. The van der Waals surface area contributed by atoms with Crippen molar-refractivity contribution in [2.75, 3.05) is 0 Å². The average molecular weight is 283 g/mol. The number of aromatic hydroxyl groups is 1. The molecule has 0 fully saturated rings. The number of halogens is 1. The van der Waals surface area contributed by atoms with Crippen LogP contribution in [0.2, 0.25) is 5.02 Å². The van der Waals surface area contributed by atoms with Crippen molar-refractivity contribution < 1.29 is 5.11 Å². The Morgan fingerprint density at radius 3 is 2.78 bits per heavy atom. The number of aromatic nitrogens is 2. The van der Waals surface area contributed by atoms with E-state index in [1.54, 1.807) is 18.2 Å². The lowest BCUT2D eigenvalue weighted by atomic mass is 10.2. The summed E-state index contributed by atoms with van der Waals surface area (Å²) < 4.78 is 1.19. The van der Waals surface area contributed by atoms with Gasteiger partial charge in [-0.05, 0) is 24.6 Å². The molecule has 1 heterocycles. The molecule has 0 amide bonds. The minimum Gasteiger partial charge on any atom is -0.506 e. The van der Waals surface area contributed by atoms with Gasteiger partial charge < -0.3 is 5.11 Å². The molecule has 1 aromatic heterocycles. The van der Waals surface area contributed by atoms with E-state index in [1.807, 2.05) is 6.92 Å². The van der Waals surface area contributed by atoms with Crippen molar-refractivity contribution in [3.63, 3.8) is 0 Å². The van der Waals surface area contributed by atoms with Gasteiger partial charge in [-0.1, -0.05) is 17.7 Å². The summed E-state index contributed by atoms with van der Waals surface area (Å²) in [6, 6.07) is 6.32. The molecule has 0 saturated carbocycles. The summed E-state index contributed by atoms with van der Waals surface area (Å²) in [6.45, 7) is 1.87. The highest BCUT2D eigenvalue weighted by molar-refractivity contribution is 7.79. The Balaban J connectivity index is 2.63. The molecule has 1 N–H and O–H groups in total. The minimum atomic E-state index is -0.419. The van der Waals surface area contributed by atoms with E-state index in [0.29, 0.717) is 16.4 Å². The zero-order valence-corrected chi connectivity index (χ0v) is 11.2. The first-order valence-electron chi connectivity index (χ1n) is 5.22. The van der Waals surface area contributed by atoms with Gasteiger partial charge in [0.05, 0.1) is 5.69 Å². The van der Waals surface area contributed by atoms with Gasteiger partial charge in [0.2, 0.25) is 0 Å². The van der Waals surface area contributed by atoms with E-state index >= 15 is 0 Å². The first kappa shape index (κ1) is 13.0. The Bertz CT molecular complexity index is 655. The van der Waals surface area contributed by atoms with Crippen LogP contribution in [0.4, 0.5) is 0 Å². The molecule has 0 saturated heterocycles. The molecule has 2 rings (SSSR count). The lowest BCUT2D eigenvalue weighted by Crippen LogP contribution is -2.21. The van der Waals surface area contributed by atoms with Crippen molar-refractivity contribution in [2.24, 2.45) is 0 Å². The van der Waals surface area contributed by atoms with Gasteiger partial charge >= 0.3 is 0 Å². The number of benzene rings is 1. The fourth-order valence-electron chi connectivity index (χ4n) is 1.49. The number of rotatable bonds is 2. The van der Waals surface area contributed by atoms with Crippen molar-refractivity contribution in [1.29, 1.82) is 0 Å². The standard InChI is InChI=1S/C12H11ClN2O2S/c1-7-2-3-8(4-9(7)13)15-12(17)5-11(16)10(6-18)14-15/h2-5,16,18H,6H2,1H3. The van der Waals surface area contributed by atoms with Gasteiger partial charge in [-0.25, -0.2) is 0 Å². The Morgan fingerprint density at radius 2 is 2.17 bits per heavy atom. The van der Waals surface area contributed by atoms with E-state index < -0.39 is 5.56 Å². The van der Waals surface area contributed by atoms with Crippen LogP contribution in [0.5, 0.6) is 5.75 Å². The highest BCUT2D eigenvalue weighted by Crippen LogP contribution is 2.19. The number of hydrogen-bond acceptors (Lipinski definition) is 4. The summed E-state index contributed by atoms with van der Waals surface area (Å²) in [5, 5.41) is 14.1. The minimum absolute atomic E-state index is 0.149. The Kier molecular flexibility index (Phi) is 3.63. The van der Waals surface area contributed by atoms with E-state index in [-0.39, 0.29) is 11.5 Å². The van der Waals surface area contributed by atoms with Crippen LogP contribution in [0, 0.1) is 6.92 Å². The molecular weight excluding hydrogens is 272 g/mol. The molecule has 0 bridgehead atoms. The zero-order chi connectivity index (χ0) is 13.3. The fourth-order valence-corrected chi connectivity index (χ4v) is 1.89. The molecule has 4 nitrogen and oxygen atoms in total. The SMILES string of the molecule is Cc1ccc(-n2nc(CS)c(O)cc2=O)cc1Cl. The molecule has 0 spiro atoms. The highest BCUT2D eigenvalue weighted by atomic mass is 35.5. The molecule has 18 heavy (non-hydrogen) atoms. The summed E-state index contributed by atoms with van der Waals surface area (Å²) >= 11 is 10.1. The van der Waals surface area contributed by atoms with Gasteiger partial charge in [0.1, 0.15) is 11.4 Å². The van der Waals surface area contributed by atoms with Crippen LogP contribution in [0.3, 0.4) is 0 Å². The quantitative estimate of drug-likeness (QED) is 0.831. The summed E-state index contributed by atoms with van der Waals surface area (Å²) in [5.74, 6) is 0.0931. The van der Waals surface area contributed by atoms with Gasteiger partial charge in [0.25, 0.3) is 5.56 Å². The Labute approximate surface area is 114 Å². The molecule has 2 aromatic rings. The first-order chi connectivity index (χ1) is 8.52. The average Bonchev–Trinajstić information content (AvgIpc) is 2.33. The van der Waals surface area contributed by atoms with Crippen LogP contribution in [0.1, 0.15) is 11.3 Å². The zero-order valence-electron chi connectivity index (χ0n) is 9.59. The van der Waals surface area contributed by atoms with E-state index in [4.69, 9.17) is 11.6 Å². The van der Waals surface area contributed by atoms with Crippen LogP contribution in [0.25, 0.3) is 5.69 Å². The Hall–Kier alpha value is -1.46. The fraction of sp³-hybridized carbons (Fsp3) is 0.167. The van der Waals surface area contributed by atoms with Gasteiger partial charge in [-0.3, -0.25) is 4.79 Å². The second-order valence-electron chi connectivity index (χ2n) is 3.82. The third-order valence-electron chi connectivity index (χ3n) is 2.54. The summed E-state index contributed by atoms with van der Waals surface area (Å²) in [7, 11) is 0. The predicted octanol–water partition coefficient (Wildman–Crippen LogP) is 2.33. The molecule has 6 heteroatoms. The summed E-state index contributed by atoms with van der Waals surface area (Å²) in [5.41, 5.74) is 1.40. The lowest BCUT2D eigenvalue weighted by molar-refractivity contribution is 0.460. The molecule has 0 atom stereocenters. The third kappa shape index (κ3) is 2.37. The van der Waals surface area contributed by atoms with Crippen LogP contribution in [-0.2, 0) is 5.75 Å². The van der Waals surface area contributed by atoms with E-state index in [1.165, 1.54) is 4.68 Å². The molecule has 0 unspecified atom stereocenters. The molecule has 0 radical (unpaired) electrons. The summed E-state index contributed by atoms with van der Waals surface area (Å²) in [6.07, 6.45) is 0. The summed E-state index contributed by atoms with van der Waals surface area (Å²) in [4.78, 5) is 11.8. The van der Waals surface area contributed by atoms with Gasteiger partial charge in [-0.15, -0.1) is 0 Å². The monoisotopic (exact) mass is 282 g/mol. The molecule has 0 aliphatic heterocycles. The van der Waals surface area contributed by atoms with Crippen molar-refractivity contribution in [3.05, 3.63) is 50.9 Å². The first-order valence-corrected chi connectivity index (χ1v) is 6.23. The maximum Gasteiger partial charge on any atom is 0.275 e. The normalized spacial score (nSPS) is 10.6. The molecule has 0 aliphatic carbocycles. The van der Waals surface area contributed by atoms with E-state index in [9.17, 15) is 9.90 Å². The van der Waals surface area contributed by atoms with E-state index in [0.717, 1.165) is 11.6 Å². The number of aryl methyl sites for hydroxylation is 1. The Morgan fingerprint density at radius 1 is 1.44 bits per heavy atom. The van der Waals surface area contributed by atoms with Crippen LogP contribution in [-0.4, -0.2) is 14.9 Å². The molecule has 0 aliphatic rings. The van der Waals surface area contributed by atoms with Crippen molar-refractivity contribution in [2.45, 2.75) is 12.7 Å². The van der Waals surface area contributed by atoms with Crippen LogP contribution in [0.15, 0.2) is 29.1 Å². The van der Waals surface area contributed by atoms with Crippen LogP contribution < -0.4 is 5.56 Å². The van der Waals surface area contributed by atoms with Crippen molar-refractivity contribution >= 4 is 24.2 Å². The molecule has 94 valence electrons. The lowest BCUT2D eigenvalue weighted by Gasteiger charge is -2.08. The second kappa shape index (κ2) is 5.04. The van der Waals surface area contributed by atoms with Gasteiger partial charge in [-0.2, -0.15) is 22.4 Å². The molecule has 1 aromatic carbocycles. The van der Waals surface area contributed by atoms with Crippen molar-refractivity contribution in [3.8, 4) is 11.4 Å². The largest absolute Gasteiger partial charge is 0.506 e. The number of hydrogen-bond donors (Lipinski definition) is 2. The third-order valence-corrected chi connectivity index (χ3v) is 3.24. The van der Waals surface area contributed by atoms with Crippen molar-refractivity contribution in [1.82, 2.24) is 9.78 Å². The van der Waals surface area contributed by atoms with Gasteiger partial charge in [0.15, 0.2) is 0 Å². The maximum absolute atomic E-state index is 11.8. The molecular formula is C12H11ClN2O2S.